The van der Waals surface area contributed by atoms with Gasteiger partial charge in [-0.15, -0.1) is 11.3 Å². The van der Waals surface area contributed by atoms with Crippen LogP contribution in [0.2, 0.25) is 5.02 Å². The predicted molar refractivity (Wildman–Crippen MR) is 136 cm³/mol. The molecule has 1 amide bonds. The highest BCUT2D eigenvalue weighted by Crippen LogP contribution is 2.34. The Kier molecular flexibility index (Phi) is 7.45. The number of nitrogens with zero attached hydrogens (tertiary/aromatic N) is 4. The molecule has 2 heterocycles. The van der Waals surface area contributed by atoms with Crippen LogP contribution in [0.4, 0.5) is 5.13 Å². The molecule has 0 aliphatic rings. The van der Waals surface area contributed by atoms with Gasteiger partial charge in [0.05, 0.1) is 26.5 Å². The van der Waals surface area contributed by atoms with Crippen molar-refractivity contribution in [1.29, 1.82) is 5.26 Å². The maximum atomic E-state index is 12.7. The lowest BCUT2D eigenvalue weighted by Crippen LogP contribution is -2.13. The number of nitriles is 1. The zero-order chi connectivity index (χ0) is 24.8. The third kappa shape index (κ3) is 5.69. The van der Waals surface area contributed by atoms with E-state index in [0.717, 1.165) is 11.1 Å². The van der Waals surface area contributed by atoms with Gasteiger partial charge in [-0.05, 0) is 42.0 Å². The number of amides is 1. The summed E-state index contributed by atoms with van der Waals surface area (Å²) < 4.78 is 12.5. The Morgan fingerprint density at radius 1 is 1.20 bits per heavy atom. The summed E-state index contributed by atoms with van der Waals surface area (Å²) >= 11 is 7.27. The van der Waals surface area contributed by atoms with Gasteiger partial charge < -0.3 is 9.47 Å². The molecule has 0 unspecified atom stereocenters. The molecular formula is C25H20ClN5O3S. The van der Waals surface area contributed by atoms with Crippen LogP contribution < -0.4 is 14.8 Å². The molecule has 1 N–H and O–H groups in total. The molecule has 0 aliphatic carbocycles. The van der Waals surface area contributed by atoms with E-state index in [9.17, 15) is 10.1 Å². The van der Waals surface area contributed by atoms with Gasteiger partial charge in [-0.2, -0.15) is 10.4 Å². The van der Waals surface area contributed by atoms with Crippen LogP contribution in [0.25, 0.3) is 17.3 Å². The third-order valence-corrected chi connectivity index (χ3v) is 5.96. The van der Waals surface area contributed by atoms with E-state index in [2.05, 4.69) is 10.3 Å². The molecule has 0 atom stereocenters. The SMILES string of the molecule is COc1ccc(-c2nn(Cc3ccc(Cl)cc3)cc2/C=C(\C#N)C(=O)Nc2nccs2)cc1OC. The summed E-state index contributed by atoms with van der Waals surface area (Å²) in [6, 6.07) is 14.9. The van der Waals surface area contributed by atoms with Crippen molar-refractivity contribution in [2.75, 3.05) is 19.5 Å². The summed E-state index contributed by atoms with van der Waals surface area (Å²) in [6.07, 6.45) is 4.88. The summed E-state index contributed by atoms with van der Waals surface area (Å²) in [5.41, 5.74) is 2.83. The van der Waals surface area contributed by atoms with Gasteiger partial charge in [-0.1, -0.05) is 23.7 Å². The molecule has 2 aromatic heterocycles. The first-order chi connectivity index (χ1) is 17.0. The van der Waals surface area contributed by atoms with E-state index in [0.29, 0.717) is 39.5 Å². The fourth-order valence-corrected chi connectivity index (χ4v) is 4.01. The van der Waals surface area contributed by atoms with Crippen LogP contribution in [0.1, 0.15) is 11.1 Å². The molecule has 35 heavy (non-hydrogen) atoms. The quantitative estimate of drug-likeness (QED) is 0.258. The lowest BCUT2D eigenvalue weighted by Gasteiger charge is -2.09. The minimum Gasteiger partial charge on any atom is -0.493 e. The highest BCUT2D eigenvalue weighted by molar-refractivity contribution is 7.13. The first-order valence-corrected chi connectivity index (χ1v) is 11.6. The number of ether oxygens (including phenoxy) is 2. The zero-order valence-electron chi connectivity index (χ0n) is 18.9. The second kappa shape index (κ2) is 10.9. The van der Waals surface area contributed by atoms with Crippen LogP contribution in [0.5, 0.6) is 11.5 Å². The molecule has 0 saturated heterocycles. The number of hydrogen-bond acceptors (Lipinski definition) is 7. The third-order valence-electron chi connectivity index (χ3n) is 5.02. The molecule has 4 aromatic rings. The zero-order valence-corrected chi connectivity index (χ0v) is 20.4. The fourth-order valence-electron chi connectivity index (χ4n) is 3.36. The Hall–Kier alpha value is -4.13. The highest BCUT2D eigenvalue weighted by Gasteiger charge is 2.17. The molecule has 0 fully saturated rings. The van der Waals surface area contributed by atoms with Crippen molar-refractivity contribution >= 4 is 40.1 Å². The van der Waals surface area contributed by atoms with Gasteiger partial charge in [0.2, 0.25) is 0 Å². The Labute approximate surface area is 211 Å². The number of carbonyl (C=O) groups excluding carboxylic acids is 1. The van der Waals surface area contributed by atoms with Crippen molar-refractivity contribution in [3.05, 3.63) is 82.0 Å². The molecule has 10 heteroatoms. The molecule has 0 spiro atoms. The number of thiazole rings is 1. The Bertz CT molecular complexity index is 1410. The van der Waals surface area contributed by atoms with Gasteiger partial charge in [-0.3, -0.25) is 14.8 Å². The van der Waals surface area contributed by atoms with Crippen molar-refractivity contribution in [3.63, 3.8) is 0 Å². The number of methoxy groups -OCH3 is 2. The normalized spacial score (nSPS) is 11.1. The van der Waals surface area contributed by atoms with Gasteiger partial charge in [-0.25, -0.2) is 4.98 Å². The molecule has 4 rings (SSSR count). The molecule has 176 valence electrons. The van der Waals surface area contributed by atoms with Crippen LogP contribution in [0.15, 0.2) is 65.8 Å². The molecule has 0 saturated carbocycles. The van der Waals surface area contributed by atoms with E-state index < -0.39 is 5.91 Å². The number of anilines is 1. The summed E-state index contributed by atoms with van der Waals surface area (Å²) in [6.45, 7) is 0.471. The summed E-state index contributed by atoms with van der Waals surface area (Å²) in [4.78, 5) is 16.7. The number of halogens is 1. The topological polar surface area (TPSA) is 102 Å². The smallest absolute Gasteiger partial charge is 0.268 e. The molecule has 0 bridgehead atoms. The monoisotopic (exact) mass is 505 g/mol. The van der Waals surface area contributed by atoms with Crippen LogP contribution in [0.3, 0.4) is 0 Å². The van der Waals surface area contributed by atoms with Gasteiger partial charge in [0, 0.05) is 33.9 Å². The average molecular weight is 506 g/mol. The van der Waals surface area contributed by atoms with Gasteiger partial charge >= 0.3 is 0 Å². The molecule has 0 radical (unpaired) electrons. The van der Waals surface area contributed by atoms with Crippen molar-refractivity contribution < 1.29 is 14.3 Å². The predicted octanol–water partition coefficient (Wildman–Crippen LogP) is 5.27. The lowest BCUT2D eigenvalue weighted by molar-refractivity contribution is -0.112. The first kappa shape index (κ1) is 24.0. The Balaban J connectivity index is 1.75. The van der Waals surface area contributed by atoms with E-state index in [1.165, 1.54) is 17.4 Å². The molecule has 0 aliphatic heterocycles. The molecule has 2 aromatic carbocycles. The van der Waals surface area contributed by atoms with Crippen LogP contribution >= 0.6 is 22.9 Å². The maximum absolute atomic E-state index is 12.7. The Morgan fingerprint density at radius 3 is 2.63 bits per heavy atom. The number of rotatable bonds is 8. The summed E-state index contributed by atoms with van der Waals surface area (Å²) in [7, 11) is 3.12. The Morgan fingerprint density at radius 2 is 1.97 bits per heavy atom. The van der Waals surface area contributed by atoms with Gasteiger partial charge in [0.25, 0.3) is 5.91 Å². The van der Waals surface area contributed by atoms with Gasteiger partial charge in [0.15, 0.2) is 16.6 Å². The van der Waals surface area contributed by atoms with Crippen molar-refractivity contribution in [2.45, 2.75) is 6.54 Å². The minimum absolute atomic E-state index is 0.0760. The number of aromatic nitrogens is 3. The van der Waals surface area contributed by atoms with Crippen LogP contribution in [0, 0.1) is 11.3 Å². The average Bonchev–Trinajstić information content (AvgIpc) is 3.53. The lowest BCUT2D eigenvalue weighted by atomic mass is 10.1. The molecular weight excluding hydrogens is 486 g/mol. The van der Waals surface area contributed by atoms with E-state index in [-0.39, 0.29) is 5.57 Å². The second-order valence-electron chi connectivity index (χ2n) is 7.29. The van der Waals surface area contributed by atoms with E-state index in [4.69, 9.17) is 26.2 Å². The largest absolute Gasteiger partial charge is 0.493 e. The van der Waals surface area contributed by atoms with Crippen molar-refractivity contribution in [1.82, 2.24) is 14.8 Å². The van der Waals surface area contributed by atoms with Crippen molar-refractivity contribution in [3.8, 4) is 28.8 Å². The maximum Gasteiger partial charge on any atom is 0.268 e. The number of hydrogen-bond donors (Lipinski definition) is 1. The van der Waals surface area contributed by atoms with Gasteiger partial charge in [0.1, 0.15) is 11.6 Å². The fraction of sp³-hybridized carbons (Fsp3) is 0.120. The molecule has 8 nitrogen and oxygen atoms in total. The van der Waals surface area contributed by atoms with E-state index in [1.807, 2.05) is 36.4 Å². The first-order valence-electron chi connectivity index (χ1n) is 10.4. The minimum atomic E-state index is -0.550. The van der Waals surface area contributed by atoms with Crippen LogP contribution in [-0.4, -0.2) is 34.9 Å². The standard InChI is InChI=1S/C25H20ClN5O3S/c1-33-21-8-5-17(12-22(21)34-2)23-19(11-18(13-27)24(32)29-25-28-9-10-35-25)15-31(30-23)14-16-3-6-20(26)7-4-16/h3-12,15H,14H2,1-2H3,(H,28,29,32)/b18-11+. The highest BCUT2D eigenvalue weighted by atomic mass is 35.5. The summed E-state index contributed by atoms with van der Waals surface area (Å²) in [5, 5.41) is 19.9. The van der Waals surface area contributed by atoms with E-state index in [1.54, 1.807) is 48.8 Å². The van der Waals surface area contributed by atoms with Crippen LogP contribution in [-0.2, 0) is 11.3 Å². The number of carbonyl (C=O) groups is 1. The number of nitrogens with one attached hydrogen (secondary N) is 1. The van der Waals surface area contributed by atoms with Crippen molar-refractivity contribution in [2.24, 2.45) is 0 Å². The second-order valence-corrected chi connectivity index (χ2v) is 8.62. The van der Waals surface area contributed by atoms with E-state index >= 15 is 0 Å². The number of benzene rings is 2. The summed E-state index contributed by atoms with van der Waals surface area (Å²) in [5.74, 6) is 0.565.